The van der Waals surface area contributed by atoms with Crippen LogP contribution in [0.4, 0.5) is 18.9 Å². The Morgan fingerprint density at radius 3 is 2.56 bits per heavy atom. The Morgan fingerprint density at radius 2 is 1.85 bits per heavy atom. The largest absolute Gasteiger partial charge is 0.486 e. The maximum atomic E-state index is 12.8. The summed E-state index contributed by atoms with van der Waals surface area (Å²) >= 11 is 0. The molecule has 1 amide bonds. The van der Waals surface area contributed by atoms with Crippen LogP contribution in [-0.4, -0.2) is 19.1 Å². The maximum Gasteiger partial charge on any atom is 0.416 e. The average molecular weight is 374 g/mol. The van der Waals surface area contributed by atoms with Crippen molar-refractivity contribution in [3.8, 4) is 17.6 Å². The first-order chi connectivity index (χ1) is 12.9. The summed E-state index contributed by atoms with van der Waals surface area (Å²) in [6.07, 6.45) is -3.41. The Morgan fingerprint density at radius 1 is 1.11 bits per heavy atom. The number of nitrogens with one attached hydrogen (secondary N) is 1. The van der Waals surface area contributed by atoms with Gasteiger partial charge in [-0.2, -0.15) is 18.4 Å². The van der Waals surface area contributed by atoms with Crippen molar-refractivity contribution in [1.29, 1.82) is 5.26 Å². The third-order valence-corrected chi connectivity index (χ3v) is 3.69. The molecule has 3 rings (SSSR count). The molecule has 0 atom stereocenters. The van der Waals surface area contributed by atoms with Crippen LogP contribution in [0.3, 0.4) is 0 Å². The molecule has 0 fully saturated rings. The quantitative estimate of drug-likeness (QED) is 0.651. The summed E-state index contributed by atoms with van der Waals surface area (Å²) in [6.45, 7) is 0.806. The molecular formula is C19H13F3N2O3. The van der Waals surface area contributed by atoms with Crippen molar-refractivity contribution in [3.05, 3.63) is 59.2 Å². The third-order valence-electron chi connectivity index (χ3n) is 3.69. The third kappa shape index (κ3) is 4.39. The normalized spacial score (nSPS) is 13.6. The average Bonchev–Trinajstić information content (AvgIpc) is 2.65. The number of anilines is 1. The van der Waals surface area contributed by atoms with E-state index >= 15 is 0 Å². The minimum atomic E-state index is -4.51. The zero-order valence-electron chi connectivity index (χ0n) is 13.8. The number of rotatable bonds is 3. The highest BCUT2D eigenvalue weighted by atomic mass is 19.4. The number of halogens is 3. The number of nitriles is 1. The zero-order chi connectivity index (χ0) is 19.4. The van der Waals surface area contributed by atoms with Gasteiger partial charge in [0.25, 0.3) is 5.91 Å². The van der Waals surface area contributed by atoms with Gasteiger partial charge in [0.05, 0.1) is 5.56 Å². The standard InChI is InChI=1S/C19H13F3N2O3/c20-19(21,22)14-3-1-2-12(9-14)8-13(11-23)18(25)24-15-4-5-16-17(10-15)27-7-6-26-16/h1-5,8-10H,6-7H2,(H,24,25)/b13-8+. The van der Waals surface area contributed by atoms with E-state index in [1.54, 1.807) is 24.3 Å². The van der Waals surface area contributed by atoms with Gasteiger partial charge in [-0.1, -0.05) is 12.1 Å². The Kier molecular flexibility index (Phi) is 5.03. The summed E-state index contributed by atoms with van der Waals surface area (Å²) in [5, 5.41) is 11.7. The summed E-state index contributed by atoms with van der Waals surface area (Å²) in [5.74, 6) is 0.255. The van der Waals surface area contributed by atoms with Crippen molar-refractivity contribution >= 4 is 17.7 Å². The van der Waals surface area contributed by atoms with Gasteiger partial charge in [0.2, 0.25) is 0 Å². The van der Waals surface area contributed by atoms with Crippen LogP contribution < -0.4 is 14.8 Å². The molecule has 0 radical (unpaired) electrons. The fourth-order valence-electron chi connectivity index (χ4n) is 2.44. The number of nitrogens with zero attached hydrogens (tertiary/aromatic N) is 1. The number of hydrogen-bond donors (Lipinski definition) is 1. The SMILES string of the molecule is N#C/C(=C\c1cccc(C(F)(F)F)c1)C(=O)Nc1ccc2c(c1)OCCO2. The lowest BCUT2D eigenvalue weighted by Gasteiger charge is -2.18. The molecule has 2 aromatic rings. The van der Waals surface area contributed by atoms with Gasteiger partial charge in [0, 0.05) is 11.8 Å². The molecule has 0 unspecified atom stereocenters. The van der Waals surface area contributed by atoms with E-state index in [1.807, 2.05) is 0 Å². The lowest BCUT2D eigenvalue weighted by atomic mass is 10.1. The number of hydrogen-bond acceptors (Lipinski definition) is 4. The van der Waals surface area contributed by atoms with Gasteiger partial charge in [-0.15, -0.1) is 0 Å². The fourth-order valence-corrected chi connectivity index (χ4v) is 2.44. The number of carbonyl (C=O) groups is 1. The second-order valence-electron chi connectivity index (χ2n) is 5.61. The number of carbonyl (C=O) groups excluding carboxylic acids is 1. The van der Waals surface area contributed by atoms with Crippen molar-refractivity contribution < 1.29 is 27.4 Å². The van der Waals surface area contributed by atoms with Crippen molar-refractivity contribution in [2.75, 3.05) is 18.5 Å². The number of ether oxygens (including phenoxy) is 2. The van der Waals surface area contributed by atoms with Crippen LogP contribution in [0.25, 0.3) is 6.08 Å². The van der Waals surface area contributed by atoms with Gasteiger partial charge >= 0.3 is 6.18 Å². The first-order valence-corrected chi connectivity index (χ1v) is 7.87. The first kappa shape index (κ1) is 18.3. The first-order valence-electron chi connectivity index (χ1n) is 7.87. The molecule has 0 aliphatic carbocycles. The van der Waals surface area contributed by atoms with E-state index in [1.165, 1.54) is 12.1 Å². The van der Waals surface area contributed by atoms with Gasteiger partial charge in [-0.3, -0.25) is 4.79 Å². The second kappa shape index (κ2) is 7.41. The summed E-state index contributed by atoms with van der Waals surface area (Å²) in [6, 6.07) is 10.8. The molecule has 1 aliphatic rings. The number of fused-ring (bicyclic) bond motifs is 1. The fraction of sp³-hybridized carbons (Fsp3) is 0.158. The molecule has 0 spiro atoms. The van der Waals surface area contributed by atoms with Crippen LogP contribution in [0.2, 0.25) is 0 Å². The van der Waals surface area contributed by atoms with Gasteiger partial charge in [-0.25, -0.2) is 0 Å². The minimum Gasteiger partial charge on any atom is -0.486 e. The van der Waals surface area contributed by atoms with Gasteiger partial charge in [0.15, 0.2) is 11.5 Å². The topological polar surface area (TPSA) is 71.4 Å². The van der Waals surface area contributed by atoms with Gasteiger partial charge in [0.1, 0.15) is 24.9 Å². The second-order valence-corrected chi connectivity index (χ2v) is 5.61. The molecule has 0 saturated heterocycles. The number of amides is 1. The lowest BCUT2D eigenvalue weighted by molar-refractivity contribution is -0.137. The molecule has 2 aromatic carbocycles. The van der Waals surface area contributed by atoms with Crippen molar-refractivity contribution in [2.45, 2.75) is 6.18 Å². The van der Waals surface area contributed by atoms with E-state index in [2.05, 4.69) is 5.32 Å². The summed E-state index contributed by atoms with van der Waals surface area (Å²) < 4.78 is 49.1. The van der Waals surface area contributed by atoms with Crippen molar-refractivity contribution in [3.63, 3.8) is 0 Å². The lowest BCUT2D eigenvalue weighted by Crippen LogP contribution is -2.17. The highest BCUT2D eigenvalue weighted by Crippen LogP contribution is 2.33. The van der Waals surface area contributed by atoms with E-state index in [9.17, 15) is 23.2 Å². The van der Waals surface area contributed by atoms with Crippen LogP contribution in [0, 0.1) is 11.3 Å². The Labute approximate surface area is 152 Å². The molecular weight excluding hydrogens is 361 g/mol. The van der Waals surface area contributed by atoms with Crippen molar-refractivity contribution in [2.24, 2.45) is 0 Å². The van der Waals surface area contributed by atoms with Gasteiger partial charge < -0.3 is 14.8 Å². The van der Waals surface area contributed by atoms with E-state index in [-0.39, 0.29) is 11.1 Å². The molecule has 1 N–H and O–H groups in total. The molecule has 1 heterocycles. The predicted octanol–water partition coefficient (Wildman–Crippen LogP) is 4.02. The Balaban J connectivity index is 1.80. The highest BCUT2D eigenvalue weighted by Gasteiger charge is 2.30. The molecule has 27 heavy (non-hydrogen) atoms. The Hall–Kier alpha value is -3.47. The smallest absolute Gasteiger partial charge is 0.416 e. The van der Waals surface area contributed by atoms with E-state index in [4.69, 9.17) is 9.47 Å². The Bertz CT molecular complexity index is 946. The van der Waals surface area contributed by atoms with Crippen LogP contribution in [-0.2, 0) is 11.0 Å². The van der Waals surface area contributed by atoms with Crippen LogP contribution >= 0.6 is 0 Å². The van der Waals surface area contributed by atoms with E-state index in [0.717, 1.165) is 18.2 Å². The summed E-state index contributed by atoms with van der Waals surface area (Å²) in [4.78, 5) is 12.3. The summed E-state index contributed by atoms with van der Waals surface area (Å²) in [5.41, 5.74) is -0.724. The van der Waals surface area contributed by atoms with Crippen molar-refractivity contribution in [1.82, 2.24) is 0 Å². The highest BCUT2D eigenvalue weighted by molar-refractivity contribution is 6.09. The molecule has 5 nitrogen and oxygen atoms in total. The molecule has 138 valence electrons. The summed E-state index contributed by atoms with van der Waals surface area (Å²) in [7, 11) is 0. The van der Waals surface area contributed by atoms with E-state index < -0.39 is 17.6 Å². The van der Waals surface area contributed by atoms with Crippen LogP contribution in [0.5, 0.6) is 11.5 Å². The van der Waals surface area contributed by atoms with E-state index in [0.29, 0.717) is 30.4 Å². The predicted molar refractivity (Wildman–Crippen MR) is 91.1 cm³/mol. The minimum absolute atomic E-state index is 0.0960. The van der Waals surface area contributed by atoms with Crippen LogP contribution in [0.15, 0.2) is 48.0 Å². The molecule has 0 aromatic heterocycles. The molecule has 0 bridgehead atoms. The molecule has 1 aliphatic heterocycles. The molecule has 8 heteroatoms. The maximum absolute atomic E-state index is 12.8. The van der Waals surface area contributed by atoms with Gasteiger partial charge in [-0.05, 0) is 35.9 Å². The number of alkyl halides is 3. The molecule has 0 saturated carbocycles. The van der Waals surface area contributed by atoms with Crippen LogP contribution in [0.1, 0.15) is 11.1 Å². The monoisotopic (exact) mass is 374 g/mol. The zero-order valence-corrected chi connectivity index (χ0v) is 13.8. The number of benzene rings is 2.